The van der Waals surface area contributed by atoms with Crippen LogP contribution in [0.3, 0.4) is 0 Å². The zero-order chi connectivity index (χ0) is 25.7. The molecule has 12 heteroatoms. The number of nitro benzene ring substituents is 2. The molecule has 1 N–H and O–H groups in total. The van der Waals surface area contributed by atoms with E-state index < -0.39 is 25.6 Å². The Morgan fingerprint density at radius 2 is 1.44 bits per heavy atom. The van der Waals surface area contributed by atoms with Crippen molar-refractivity contribution in [3.8, 4) is 0 Å². The predicted octanol–water partition coefficient (Wildman–Crippen LogP) is 3.67. The molecule has 1 fully saturated rings. The van der Waals surface area contributed by atoms with Crippen LogP contribution in [0.4, 0.5) is 22.7 Å². The number of nitro groups is 2. The molecule has 3 aromatic carbocycles. The number of anilines is 2. The third-order valence-corrected chi connectivity index (χ3v) is 7.98. The van der Waals surface area contributed by atoms with Crippen molar-refractivity contribution in [3.05, 3.63) is 98.6 Å². The van der Waals surface area contributed by atoms with Crippen molar-refractivity contribution < 1.29 is 18.3 Å². The average Bonchev–Trinajstić information content (AvgIpc) is 2.89. The molecule has 11 nitrogen and oxygen atoms in total. The first kappa shape index (κ1) is 25.1. The topological polar surface area (TPSA) is 139 Å². The van der Waals surface area contributed by atoms with Gasteiger partial charge in [0.25, 0.3) is 11.4 Å². The van der Waals surface area contributed by atoms with E-state index in [-0.39, 0.29) is 23.7 Å². The lowest BCUT2D eigenvalue weighted by Gasteiger charge is -2.35. The summed E-state index contributed by atoms with van der Waals surface area (Å²) in [7, 11) is -4.04. The molecule has 0 radical (unpaired) electrons. The second kappa shape index (κ2) is 10.7. The van der Waals surface area contributed by atoms with E-state index in [0.717, 1.165) is 11.3 Å². The maximum absolute atomic E-state index is 13.1. The number of nitrogens with one attached hydrogen (secondary N) is 1. The minimum atomic E-state index is -4.04. The van der Waals surface area contributed by atoms with Gasteiger partial charge in [0.1, 0.15) is 5.69 Å². The zero-order valence-electron chi connectivity index (χ0n) is 19.3. The van der Waals surface area contributed by atoms with E-state index in [1.165, 1.54) is 34.6 Å². The lowest BCUT2D eigenvalue weighted by atomic mass is 10.1. The van der Waals surface area contributed by atoms with Crippen LogP contribution in [0.25, 0.3) is 0 Å². The summed E-state index contributed by atoms with van der Waals surface area (Å²) < 4.78 is 27.4. The van der Waals surface area contributed by atoms with Gasteiger partial charge >= 0.3 is 0 Å². The Kier molecular flexibility index (Phi) is 7.46. The van der Waals surface area contributed by atoms with Crippen molar-refractivity contribution in [3.63, 3.8) is 0 Å². The zero-order valence-corrected chi connectivity index (χ0v) is 20.1. The predicted molar refractivity (Wildman–Crippen MR) is 136 cm³/mol. The Balaban J connectivity index is 1.46. The van der Waals surface area contributed by atoms with Gasteiger partial charge in [-0.1, -0.05) is 42.5 Å². The minimum absolute atomic E-state index is 0.0376. The number of hydrogen-bond acceptors (Lipinski definition) is 8. The van der Waals surface area contributed by atoms with Gasteiger partial charge in [-0.05, 0) is 30.2 Å². The third-order valence-electron chi connectivity index (χ3n) is 6.03. The number of hydrogen-bond donors (Lipinski definition) is 1. The van der Waals surface area contributed by atoms with Gasteiger partial charge in [0.2, 0.25) is 10.0 Å². The molecule has 0 atom stereocenters. The maximum atomic E-state index is 13.1. The van der Waals surface area contributed by atoms with Crippen LogP contribution in [0.1, 0.15) is 5.56 Å². The molecule has 1 saturated heterocycles. The molecule has 0 unspecified atom stereocenters. The van der Waals surface area contributed by atoms with Crippen molar-refractivity contribution >= 4 is 32.8 Å². The molecule has 1 aliphatic heterocycles. The van der Waals surface area contributed by atoms with Crippen molar-refractivity contribution in [2.75, 3.05) is 42.9 Å². The summed E-state index contributed by atoms with van der Waals surface area (Å²) in [5.74, 6) is 0. The molecule has 0 saturated carbocycles. The first-order valence-electron chi connectivity index (χ1n) is 11.3. The Bertz CT molecular complexity index is 1360. The summed E-state index contributed by atoms with van der Waals surface area (Å²) in [6, 6.07) is 19.9. The number of sulfonamides is 1. The standard InChI is InChI=1S/C24H25N5O6S/c30-28(31)22-11-10-20(18-21(22)25-13-12-19-6-2-1-3-7-19)26-14-16-27(17-15-26)36(34,35)24-9-5-4-8-23(24)29(32)33/h1-11,18,25H,12-17H2. The Labute approximate surface area is 208 Å². The van der Waals surface area contributed by atoms with Gasteiger partial charge < -0.3 is 10.2 Å². The summed E-state index contributed by atoms with van der Waals surface area (Å²) in [4.78, 5) is 23.3. The SMILES string of the molecule is O=[N+]([O-])c1ccc(N2CCN(S(=O)(=O)c3ccccc3[N+](=O)[O-])CC2)cc1NCCc1ccccc1. The van der Waals surface area contributed by atoms with Gasteiger partial charge in [0.15, 0.2) is 4.90 Å². The van der Waals surface area contributed by atoms with Crippen molar-refractivity contribution in [1.82, 2.24) is 4.31 Å². The monoisotopic (exact) mass is 511 g/mol. The molecule has 3 aromatic rings. The number of para-hydroxylation sites is 1. The van der Waals surface area contributed by atoms with Gasteiger partial charge in [0.05, 0.1) is 9.85 Å². The van der Waals surface area contributed by atoms with Crippen LogP contribution in [0.5, 0.6) is 0 Å². The third kappa shape index (κ3) is 5.44. The van der Waals surface area contributed by atoms with Crippen LogP contribution in [-0.4, -0.2) is 55.3 Å². The average molecular weight is 512 g/mol. The van der Waals surface area contributed by atoms with E-state index in [9.17, 15) is 28.6 Å². The summed E-state index contributed by atoms with van der Waals surface area (Å²) in [5, 5.41) is 26.0. The molecule has 0 aliphatic carbocycles. The second-order valence-corrected chi connectivity index (χ2v) is 10.1. The lowest BCUT2D eigenvalue weighted by molar-refractivity contribution is -0.387. The van der Waals surface area contributed by atoms with Crippen LogP contribution >= 0.6 is 0 Å². The van der Waals surface area contributed by atoms with E-state index in [0.29, 0.717) is 31.7 Å². The van der Waals surface area contributed by atoms with Crippen LogP contribution < -0.4 is 10.2 Å². The van der Waals surface area contributed by atoms with E-state index in [1.807, 2.05) is 35.2 Å². The molecule has 1 heterocycles. The molecular weight excluding hydrogens is 486 g/mol. The summed E-state index contributed by atoms with van der Waals surface area (Å²) in [5.41, 5.74) is 1.74. The lowest BCUT2D eigenvalue weighted by Crippen LogP contribution is -2.48. The Morgan fingerprint density at radius 1 is 0.806 bits per heavy atom. The van der Waals surface area contributed by atoms with E-state index in [2.05, 4.69) is 5.32 Å². The van der Waals surface area contributed by atoms with Crippen LogP contribution in [0, 0.1) is 20.2 Å². The van der Waals surface area contributed by atoms with Crippen molar-refractivity contribution in [2.45, 2.75) is 11.3 Å². The quantitative estimate of drug-likeness (QED) is 0.339. The first-order chi connectivity index (χ1) is 17.3. The highest BCUT2D eigenvalue weighted by Crippen LogP contribution is 2.31. The fourth-order valence-corrected chi connectivity index (χ4v) is 5.74. The van der Waals surface area contributed by atoms with Gasteiger partial charge in [0, 0.05) is 50.5 Å². The highest BCUT2D eigenvalue weighted by Gasteiger charge is 2.33. The summed E-state index contributed by atoms with van der Waals surface area (Å²) in [6.45, 7) is 1.43. The van der Waals surface area contributed by atoms with E-state index in [1.54, 1.807) is 12.1 Å². The largest absolute Gasteiger partial charge is 0.379 e. The van der Waals surface area contributed by atoms with Gasteiger partial charge in [-0.3, -0.25) is 20.2 Å². The molecule has 0 spiro atoms. The molecule has 0 amide bonds. The number of benzene rings is 3. The van der Waals surface area contributed by atoms with Crippen molar-refractivity contribution in [2.24, 2.45) is 0 Å². The second-order valence-electron chi connectivity index (χ2n) is 8.24. The molecular formula is C24H25N5O6S. The summed E-state index contributed by atoms with van der Waals surface area (Å²) in [6.07, 6.45) is 0.699. The van der Waals surface area contributed by atoms with E-state index in [4.69, 9.17) is 0 Å². The van der Waals surface area contributed by atoms with Crippen LogP contribution in [0.2, 0.25) is 0 Å². The molecule has 1 aliphatic rings. The number of piperazine rings is 1. The van der Waals surface area contributed by atoms with Crippen LogP contribution in [-0.2, 0) is 16.4 Å². The first-order valence-corrected chi connectivity index (χ1v) is 12.8. The van der Waals surface area contributed by atoms with Gasteiger partial charge in [-0.2, -0.15) is 4.31 Å². The number of rotatable bonds is 9. The maximum Gasteiger partial charge on any atom is 0.292 e. The molecule has 0 bridgehead atoms. The Morgan fingerprint density at radius 3 is 2.11 bits per heavy atom. The highest BCUT2D eigenvalue weighted by molar-refractivity contribution is 7.89. The summed E-state index contributed by atoms with van der Waals surface area (Å²) >= 11 is 0. The smallest absolute Gasteiger partial charge is 0.292 e. The minimum Gasteiger partial charge on any atom is -0.379 e. The molecule has 36 heavy (non-hydrogen) atoms. The van der Waals surface area contributed by atoms with Crippen molar-refractivity contribution in [1.29, 1.82) is 0 Å². The Hall–Kier alpha value is -4.03. The van der Waals surface area contributed by atoms with Crippen LogP contribution in [0.15, 0.2) is 77.7 Å². The van der Waals surface area contributed by atoms with Gasteiger partial charge in [-0.15, -0.1) is 0 Å². The molecule has 4 rings (SSSR count). The van der Waals surface area contributed by atoms with Gasteiger partial charge in [-0.25, -0.2) is 8.42 Å². The normalized spacial score (nSPS) is 14.4. The molecule has 0 aromatic heterocycles. The fraction of sp³-hybridized carbons (Fsp3) is 0.250. The van der Waals surface area contributed by atoms with E-state index >= 15 is 0 Å². The molecule has 188 valence electrons. The highest BCUT2D eigenvalue weighted by atomic mass is 32.2. The fourth-order valence-electron chi connectivity index (χ4n) is 4.16. The number of nitrogens with zero attached hydrogens (tertiary/aromatic N) is 4.